The predicted molar refractivity (Wildman–Crippen MR) is 113 cm³/mol. The van der Waals surface area contributed by atoms with Crippen molar-refractivity contribution >= 4 is 12.1 Å². The number of aryl methyl sites for hydroxylation is 2. The van der Waals surface area contributed by atoms with Crippen LogP contribution in [0.15, 0.2) is 9.41 Å². The molecule has 0 aromatic carbocycles. The number of piperazine rings is 1. The fourth-order valence-corrected chi connectivity index (χ4v) is 2.98. The van der Waals surface area contributed by atoms with Crippen molar-refractivity contribution in [1.29, 1.82) is 0 Å². The van der Waals surface area contributed by atoms with Crippen molar-refractivity contribution in [2.75, 3.05) is 46.3 Å². The van der Waals surface area contributed by atoms with Crippen LogP contribution in [0.5, 0.6) is 0 Å². The quantitative estimate of drug-likeness (QED) is 0.422. The van der Waals surface area contributed by atoms with Crippen LogP contribution in [0.3, 0.4) is 0 Å². The Hall–Kier alpha value is -2.29. The number of aliphatic imine (C=N–C) groups is 1. The van der Waals surface area contributed by atoms with Crippen molar-refractivity contribution in [2.24, 2.45) is 4.99 Å². The number of oxazole rings is 1. The van der Waals surface area contributed by atoms with Gasteiger partial charge in [0.25, 0.3) is 0 Å². The van der Waals surface area contributed by atoms with Crippen molar-refractivity contribution in [3.8, 4) is 0 Å². The Morgan fingerprint density at radius 1 is 1.21 bits per heavy atom. The SMILES string of the molecule is CN=C(NCCCN1CCN(C(=O)OC(C)(C)C)CC1)NCc1nc(C)c(C)o1. The molecule has 29 heavy (non-hydrogen) atoms. The normalized spacial score (nSPS) is 16.1. The minimum Gasteiger partial charge on any atom is -0.444 e. The summed E-state index contributed by atoms with van der Waals surface area (Å²) < 4.78 is 11.0. The molecule has 0 aliphatic carbocycles. The monoisotopic (exact) mass is 408 g/mol. The van der Waals surface area contributed by atoms with Crippen molar-refractivity contribution in [1.82, 2.24) is 25.4 Å². The molecule has 0 bridgehead atoms. The summed E-state index contributed by atoms with van der Waals surface area (Å²) in [6.07, 6.45) is 0.773. The number of rotatable bonds is 6. The lowest BCUT2D eigenvalue weighted by Crippen LogP contribution is -2.50. The third-order valence-corrected chi connectivity index (χ3v) is 4.67. The highest BCUT2D eigenvalue weighted by Crippen LogP contribution is 2.12. The number of carbonyl (C=O) groups is 1. The third kappa shape index (κ3) is 7.92. The first-order valence-electron chi connectivity index (χ1n) is 10.3. The van der Waals surface area contributed by atoms with Crippen molar-refractivity contribution in [2.45, 2.75) is 53.2 Å². The number of guanidine groups is 1. The van der Waals surface area contributed by atoms with E-state index in [1.807, 2.05) is 34.6 Å². The Morgan fingerprint density at radius 3 is 2.45 bits per heavy atom. The Kier molecular flexibility index (Phi) is 8.31. The van der Waals surface area contributed by atoms with E-state index in [0.29, 0.717) is 25.5 Å². The van der Waals surface area contributed by atoms with Crippen LogP contribution < -0.4 is 10.6 Å². The maximum Gasteiger partial charge on any atom is 0.410 e. The van der Waals surface area contributed by atoms with Gasteiger partial charge in [0.05, 0.1) is 12.2 Å². The minimum absolute atomic E-state index is 0.217. The fourth-order valence-electron chi connectivity index (χ4n) is 2.98. The van der Waals surface area contributed by atoms with E-state index in [9.17, 15) is 4.79 Å². The number of nitrogens with zero attached hydrogens (tertiary/aromatic N) is 4. The minimum atomic E-state index is -0.447. The predicted octanol–water partition coefficient (Wildman–Crippen LogP) is 1.90. The Labute approximate surface area is 173 Å². The molecule has 1 aliphatic heterocycles. The number of aromatic nitrogens is 1. The molecule has 0 atom stereocenters. The maximum atomic E-state index is 12.1. The zero-order valence-corrected chi connectivity index (χ0v) is 18.7. The molecule has 9 nitrogen and oxygen atoms in total. The highest BCUT2D eigenvalue weighted by molar-refractivity contribution is 5.79. The number of hydrogen-bond donors (Lipinski definition) is 2. The van der Waals surface area contributed by atoms with Crippen molar-refractivity contribution in [3.63, 3.8) is 0 Å². The Bertz CT molecular complexity index is 667. The van der Waals surface area contributed by atoms with Crippen LogP contribution in [0.1, 0.15) is 44.5 Å². The van der Waals surface area contributed by atoms with Gasteiger partial charge < -0.3 is 24.7 Å². The average Bonchev–Trinajstić information content (AvgIpc) is 2.98. The highest BCUT2D eigenvalue weighted by atomic mass is 16.6. The molecule has 1 aliphatic rings. The van der Waals surface area contributed by atoms with Gasteiger partial charge in [-0.05, 0) is 47.6 Å². The van der Waals surface area contributed by atoms with E-state index in [1.54, 1.807) is 11.9 Å². The maximum absolute atomic E-state index is 12.1. The van der Waals surface area contributed by atoms with Crippen LogP contribution in [0, 0.1) is 13.8 Å². The largest absolute Gasteiger partial charge is 0.444 e. The van der Waals surface area contributed by atoms with Gasteiger partial charge >= 0.3 is 6.09 Å². The summed E-state index contributed by atoms with van der Waals surface area (Å²) in [6.45, 7) is 15.0. The molecular formula is C20H36N6O3. The summed E-state index contributed by atoms with van der Waals surface area (Å²) in [5, 5.41) is 6.52. The first-order valence-corrected chi connectivity index (χ1v) is 10.3. The zero-order chi connectivity index (χ0) is 21.4. The second kappa shape index (κ2) is 10.5. The van der Waals surface area contributed by atoms with Crippen LogP contribution in [-0.2, 0) is 11.3 Å². The zero-order valence-electron chi connectivity index (χ0n) is 18.7. The molecule has 9 heteroatoms. The molecule has 0 saturated carbocycles. The second-order valence-electron chi connectivity index (χ2n) is 8.26. The topological polar surface area (TPSA) is 95.2 Å². The number of nitrogens with one attached hydrogen (secondary N) is 2. The molecule has 0 radical (unpaired) electrons. The molecule has 0 unspecified atom stereocenters. The average molecular weight is 409 g/mol. The van der Waals surface area contributed by atoms with Gasteiger partial charge in [0.1, 0.15) is 11.4 Å². The van der Waals surface area contributed by atoms with E-state index in [0.717, 1.165) is 50.0 Å². The van der Waals surface area contributed by atoms with Crippen LogP contribution >= 0.6 is 0 Å². The fraction of sp³-hybridized carbons (Fsp3) is 0.750. The van der Waals surface area contributed by atoms with Crippen molar-refractivity contribution < 1.29 is 13.9 Å². The molecule has 1 aromatic rings. The smallest absolute Gasteiger partial charge is 0.410 e. The molecule has 1 saturated heterocycles. The lowest BCUT2D eigenvalue weighted by molar-refractivity contribution is 0.0145. The lowest BCUT2D eigenvalue weighted by Gasteiger charge is -2.35. The van der Waals surface area contributed by atoms with E-state index >= 15 is 0 Å². The summed E-state index contributed by atoms with van der Waals surface area (Å²) in [5.74, 6) is 2.23. The standard InChI is InChI=1S/C20H36N6O3/c1-15-16(2)28-17(24-15)14-23-18(21-6)22-8-7-9-25-10-12-26(13-11-25)19(27)29-20(3,4)5/h7-14H2,1-6H3,(H2,21,22,23). The highest BCUT2D eigenvalue weighted by Gasteiger charge is 2.25. The van der Waals surface area contributed by atoms with E-state index < -0.39 is 5.60 Å². The molecule has 0 spiro atoms. The van der Waals surface area contributed by atoms with Gasteiger partial charge in [-0.15, -0.1) is 0 Å². The lowest BCUT2D eigenvalue weighted by atomic mass is 10.2. The molecule has 1 aromatic heterocycles. The second-order valence-corrected chi connectivity index (χ2v) is 8.26. The molecule has 1 amide bonds. The number of hydrogen-bond acceptors (Lipinski definition) is 6. The number of ether oxygens (including phenoxy) is 1. The van der Waals surface area contributed by atoms with Gasteiger partial charge in [-0.3, -0.25) is 9.89 Å². The van der Waals surface area contributed by atoms with Crippen LogP contribution in [0.2, 0.25) is 0 Å². The summed E-state index contributed by atoms with van der Waals surface area (Å²) in [6, 6.07) is 0. The molecule has 2 rings (SSSR count). The third-order valence-electron chi connectivity index (χ3n) is 4.67. The van der Waals surface area contributed by atoms with Gasteiger partial charge in [0.15, 0.2) is 5.96 Å². The first kappa shape index (κ1) is 23.0. The van der Waals surface area contributed by atoms with E-state index in [1.165, 1.54) is 0 Å². The molecule has 2 N–H and O–H groups in total. The summed E-state index contributed by atoms with van der Waals surface area (Å²) in [7, 11) is 1.75. The van der Waals surface area contributed by atoms with E-state index in [-0.39, 0.29) is 6.09 Å². The summed E-state index contributed by atoms with van der Waals surface area (Å²) >= 11 is 0. The molecule has 2 heterocycles. The van der Waals surface area contributed by atoms with Gasteiger partial charge in [0.2, 0.25) is 5.89 Å². The number of carbonyl (C=O) groups excluding carboxylic acids is 1. The van der Waals surface area contributed by atoms with E-state index in [2.05, 4.69) is 25.5 Å². The van der Waals surface area contributed by atoms with Gasteiger partial charge in [-0.2, -0.15) is 0 Å². The van der Waals surface area contributed by atoms with Crippen LogP contribution in [0.25, 0.3) is 0 Å². The van der Waals surface area contributed by atoms with Gasteiger partial charge in [-0.1, -0.05) is 0 Å². The van der Waals surface area contributed by atoms with Crippen LogP contribution in [-0.4, -0.2) is 78.8 Å². The Balaban J connectivity index is 1.60. The van der Waals surface area contributed by atoms with Crippen LogP contribution in [0.4, 0.5) is 4.79 Å². The van der Waals surface area contributed by atoms with Gasteiger partial charge in [-0.25, -0.2) is 9.78 Å². The van der Waals surface area contributed by atoms with Gasteiger partial charge in [0, 0.05) is 39.8 Å². The summed E-state index contributed by atoms with van der Waals surface area (Å²) in [5.41, 5.74) is 0.466. The van der Waals surface area contributed by atoms with Crippen molar-refractivity contribution in [3.05, 3.63) is 17.3 Å². The summed E-state index contributed by atoms with van der Waals surface area (Å²) in [4.78, 5) is 24.9. The molecule has 164 valence electrons. The molecule has 1 fully saturated rings. The van der Waals surface area contributed by atoms with E-state index in [4.69, 9.17) is 9.15 Å². The number of amides is 1. The molecular weight excluding hydrogens is 372 g/mol. The Morgan fingerprint density at radius 2 is 1.90 bits per heavy atom. The first-order chi connectivity index (χ1) is 13.7.